The summed E-state index contributed by atoms with van der Waals surface area (Å²) in [6.07, 6.45) is 1.81. The second kappa shape index (κ2) is 3.27. The third-order valence-corrected chi connectivity index (χ3v) is 3.13. The van der Waals surface area contributed by atoms with Crippen LogP contribution in [0.1, 0.15) is 5.82 Å². The van der Waals surface area contributed by atoms with Crippen LogP contribution >= 0.6 is 15.9 Å². The number of hydrogen-bond acceptors (Lipinski definition) is 4. The van der Waals surface area contributed by atoms with Gasteiger partial charge in [-0.05, 0) is 12.1 Å². The second-order valence-electron chi connectivity index (χ2n) is 3.77. The molecular weight excluding hydrogens is 272 g/mol. The molecule has 3 heterocycles. The number of hydrogen-bond donors (Lipinski definition) is 0. The first-order valence-electron chi connectivity index (χ1n) is 4.75. The van der Waals surface area contributed by atoms with E-state index in [9.17, 15) is 0 Å². The molecule has 0 aliphatic carbocycles. The molecular formula is C10H7BrN4O. The zero-order chi connectivity index (χ0) is 11.2. The highest BCUT2D eigenvalue weighted by atomic mass is 79.9. The van der Waals surface area contributed by atoms with Crippen molar-refractivity contribution in [2.24, 2.45) is 0 Å². The van der Waals surface area contributed by atoms with Crippen molar-refractivity contribution in [1.82, 2.24) is 14.6 Å². The summed E-state index contributed by atoms with van der Waals surface area (Å²) in [4.78, 5) is 4.36. The van der Waals surface area contributed by atoms with E-state index in [1.54, 1.807) is 10.7 Å². The molecule has 0 radical (unpaired) electrons. The largest absolute Gasteiger partial charge is 0.377 e. The lowest BCUT2D eigenvalue weighted by Gasteiger charge is -2.31. The van der Waals surface area contributed by atoms with Crippen LogP contribution in [-0.2, 0) is 10.2 Å². The zero-order valence-electron chi connectivity index (χ0n) is 8.22. The predicted molar refractivity (Wildman–Crippen MR) is 58.8 cm³/mol. The van der Waals surface area contributed by atoms with Gasteiger partial charge in [-0.15, -0.1) is 5.10 Å². The quantitative estimate of drug-likeness (QED) is 0.789. The summed E-state index contributed by atoms with van der Waals surface area (Å²) < 4.78 is 7.69. The number of aromatic nitrogens is 3. The molecule has 0 amide bonds. The summed E-state index contributed by atoms with van der Waals surface area (Å²) in [5.41, 5.74) is 0.0734. The Hall–Kier alpha value is -1.45. The Morgan fingerprint density at radius 3 is 3.00 bits per heavy atom. The molecule has 2 aromatic heterocycles. The molecule has 0 atom stereocenters. The van der Waals surface area contributed by atoms with Crippen molar-refractivity contribution >= 4 is 21.6 Å². The number of pyridine rings is 1. The Balaban J connectivity index is 2.16. The first kappa shape index (κ1) is 9.75. The molecule has 3 rings (SSSR count). The lowest BCUT2D eigenvalue weighted by Crippen LogP contribution is -2.46. The Kier molecular flexibility index (Phi) is 1.99. The summed E-state index contributed by atoms with van der Waals surface area (Å²) in [7, 11) is 0. The molecule has 0 aromatic carbocycles. The van der Waals surface area contributed by atoms with E-state index in [0.29, 0.717) is 19.0 Å². The maximum Gasteiger partial charge on any atom is 0.176 e. The highest BCUT2D eigenvalue weighted by Crippen LogP contribution is 2.29. The molecule has 0 saturated carbocycles. The van der Waals surface area contributed by atoms with E-state index in [1.165, 1.54) is 0 Å². The van der Waals surface area contributed by atoms with Gasteiger partial charge in [0.15, 0.2) is 16.9 Å². The summed E-state index contributed by atoms with van der Waals surface area (Å²) in [5, 5.41) is 13.4. The Labute approximate surface area is 99.8 Å². The van der Waals surface area contributed by atoms with Crippen molar-refractivity contribution in [2.45, 2.75) is 5.41 Å². The first-order chi connectivity index (χ1) is 7.73. The molecule has 0 N–H and O–H groups in total. The number of nitriles is 1. The molecule has 1 aliphatic rings. The highest BCUT2D eigenvalue weighted by Gasteiger charge is 2.44. The zero-order valence-corrected chi connectivity index (χ0v) is 9.81. The van der Waals surface area contributed by atoms with Crippen molar-refractivity contribution in [3.63, 3.8) is 0 Å². The molecule has 0 bridgehead atoms. The van der Waals surface area contributed by atoms with Gasteiger partial charge in [0, 0.05) is 10.7 Å². The number of rotatable bonds is 1. The lowest BCUT2D eigenvalue weighted by atomic mass is 9.87. The van der Waals surface area contributed by atoms with Crippen LogP contribution in [0.4, 0.5) is 0 Å². The minimum atomic E-state index is -0.654. The van der Waals surface area contributed by atoms with Gasteiger partial charge in [-0.25, -0.2) is 9.50 Å². The number of fused-ring (bicyclic) bond motifs is 1. The van der Waals surface area contributed by atoms with Crippen molar-refractivity contribution in [3.8, 4) is 6.07 Å². The van der Waals surface area contributed by atoms with Crippen molar-refractivity contribution < 1.29 is 4.74 Å². The van der Waals surface area contributed by atoms with Gasteiger partial charge < -0.3 is 4.74 Å². The van der Waals surface area contributed by atoms with Gasteiger partial charge in [0.1, 0.15) is 0 Å². The molecule has 5 nitrogen and oxygen atoms in total. The Bertz CT molecular complexity index is 596. The number of halogens is 1. The molecule has 1 fully saturated rings. The van der Waals surface area contributed by atoms with E-state index in [4.69, 9.17) is 10.00 Å². The smallest absolute Gasteiger partial charge is 0.176 e. The van der Waals surface area contributed by atoms with Gasteiger partial charge in [0.2, 0.25) is 0 Å². The molecule has 16 heavy (non-hydrogen) atoms. The number of ether oxygens (including phenoxy) is 1. The van der Waals surface area contributed by atoms with E-state index < -0.39 is 5.41 Å². The monoisotopic (exact) mass is 278 g/mol. The highest BCUT2D eigenvalue weighted by molar-refractivity contribution is 9.10. The van der Waals surface area contributed by atoms with Crippen LogP contribution in [0, 0.1) is 11.3 Å². The molecule has 80 valence electrons. The van der Waals surface area contributed by atoms with E-state index in [2.05, 4.69) is 32.1 Å². The standard InChI is InChI=1S/C10H7BrN4O/c11-7-1-2-15-8(3-7)13-9(14-15)10(4-12)5-16-6-10/h1-3H,5-6H2. The summed E-state index contributed by atoms with van der Waals surface area (Å²) >= 11 is 3.37. The summed E-state index contributed by atoms with van der Waals surface area (Å²) in [5.74, 6) is 0.541. The van der Waals surface area contributed by atoms with Crippen molar-refractivity contribution in [1.29, 1.82) is 5.26 Å². The van der Waals surface area contributed by atoms with Crippen LogP contribution in [-0.4, -0.2) is 27.8 Å². The lowest BCUT2D eigenvalue weighted by molar-refractivity contribution is -0.0337. The first-order valence-corrected chi connectivity index (χ1v) is 5.54. The van der Waals surface area contributed by atoms with Gasteiger partial charge in [0.25, 0.3) is 0 Å². The number of nitrogens with zero attached hydrogens (tertiary/aromatic N) is 4. The van der Waals surface area contributed by atoms with Crippen LogP contribution in [0.3, 0.4) is 0 Å². The maximum atomic E-state index is 9.14. The van der Waals surface area contributed by atoms with Crippen LogP contribution in [0.2, 0.25) is 0 Å². The normalized spacial score (nSPS) is 18.0. The van der Waals surface area contributed by atoms with E-state index in [1.807, 2.05) is 12.1 Å². The average molecular weight is 279 g/mol. The topological polar surface area (TPSA) is 63.2 Å². The van der Waals surface area contributed by atoms with E-state index in [-0.39, 0.29) is 0 Å². The van der Waals surface area contributed by atoms with Crippen LogP contribution < -0.4 is 0 Å². The molecule has 1 saturated heterocycles. The van der Waals surface area contributed by atoms with Gasteiger partial charge >= 0.3 is 0 Å². The SMILES string of the molecule is N#CC1(c2nc3cc(Br)ccn3n2)COC1. The third-order valence-electron chi connectivity index (χ3n) is 2.64. The Morgan fingerprint density at radius 1 is 1.56 bits per heavy atom. The van der Waals surface area contributed by atoms with Crippen LogP contribution in [0.5, 0.6) is 0 Å². The molecule has 0 unspecified atom stereocenters. The minimum Gasteiger partial charge on any atom is -0.377 e. The maximum absolute atomic E-state index is 9.14. The Morgan fingerprint density at radius 2 is 2.38 bits per heavy atom. The van der Waals surface area contributed by atoms with Gasteiger partial charge in [-0.3, -0.25) is 0 Å². The van der Waals surface area contributed by atoms with Gasteiger partial charge in [0.05, 0.1) is 19.3 Å². The van der Waals surface area contributed by atoms with E-state index >= 15 is 0 Å². The van der Waals surface area contributed by atoms with Crippen LogP contribution in [0.15, 0.2) is 22.8 Å². The predicted octanol–water partition coefficient (Wildman–Crippen LogP) is 1.28. The van der Waals surface area contributed by atoms with Crippen molar-refractivity contribution in [3.05, 3.63) is 28.6 Å². The van der Waals surface area contributed by atoms with Crippen molar-refractivity contribution in [2.75, 3.05) is 13.2 Å². The molecule has 6 heteroatoms. The summed E-state index contributed by atoms with van der Waals surface area (Å²) in [6, 6.07) is 5.97. The van der Waals surface area contributed by atoms with Crippen LogP contribution in [0.25, 0.3) is 5.65 Å². The van der Waals surface area contributed by atoms with Gasteiger partial charge in [-0.2, -0.15) is 5.26 Å². The van der Waals surface area contributed by atoms with Gasteiger partial charge in [-0.1, -0.05) is 15.9 Å². The third kappa shape index (κ3) is 1.25. The molecule has 0 spiro atoms. The molecule has 1 aliphatic heterocycles. The van der Waals surface area contributed by atoms with E-state index in [0.717, 1.165) is 10.1 Å². The minimum absolute atomic E-state index is 0.377. The summed E-state index contributed by atoms with van der Waals surface area (Å²) in [6.45, 7) is 0.753. The fourth-order valence-corrected chi connectivity index (χ4v) is 1.93. The second-order valence-corrected chi connectivity index (χ2v) is 4.69. The fourth-order valence-electron chi connectivity index (χ4n) is 1.61. The molecule has 2 aromatic rings. The fraction of sp³-hybridized carbons (Fsp3) is 0.300. The average Bonchev–Trinajstić information content (AvgIpc) is 2.60.